The third-order valence-corrected chi connectivity index (χ3v) is 4.96. The number of fused-ring (bicyclic) bond motifs is 2. The molecule has 138 valence electrons. The van der Waals surface area contributed by atoms with Crippen LogP contribution in [-0.4, -0.2) is 15.7 Å². The van der Waals surface area contributed by atoms with Gasteiger partial charge in [0, 0.05) is 17.8 Å². The summed E-state index contributed by atoms with van der Waals surface area (Å²) < 4.78 is 14.3. The number of benzene rings is 3. The predicted molar refractivity (Wildman–Crippen MR) is 107 cm³/mol. The number of ether oxygens (including phenoxy) is 2. The Labute approximate surface area is 161 Å². The maximum Gasteiger partial charge on any atom is 0.300 e. The first-order valence-corrected chi connectivity index (χ1v) is 9.21. The van der Waals surface area contributed by atoms with Gasteiger partial charge in [-0.3, -0.25) is 9.36 Å². The summed E-state index contributed by atoms with van der Waals surface area (Å²) in [6.45, 7) is 0.559. The molecule has 0 saturated carbocycles. The normalized spacial score (nSPS) is 16.4. The molecule has 3 aromatic carbocycles. The van der Waals surface area contributed by atoms with E-state index in [9.17, 15) is 4.79 Å². The number of para-hydroxylation sites is 1. The zero-order chi connectivity index (χ0) is 18.9. The van der Waals surface area contributed by atoms with Gasteiger partial charge in [0.15, 0.2) is 12.2 Å². The van der Waals surface area contributed by atoms with Gasteiger partial charge >= 0.3 is 0 Å². The van der Waals surface area contributed by atoms with Crippen LogP contribution in [0.15, 0.2) is 89.9 Å². The molecule has 5 heteroatoms. The fraction of sp³-hybridized carbons (Fsp3) is 0.130. The van der Waals surface area contributed by atoms with Gasteiger partial charge in [0.25, 0.3) is 11.6 Å². The molecular formula is C23H18N2O3. The van der Waals surface area contributed by atoms with Crippen LogP contribution in [0.1, 0.15) is 11.7 Å². The molecule has 1 aliphatic rings. The highest BCUT2D eigenvalue weighted by Gasteiger charge is 2.34. The van der Waals surface area contributed by atoms with Crippen molar-refractivity contribution in [1.82, 2.24) is 9.55 Å². The quantitative estimate of drug-likeness (QED) is 0.545. The lowest BCUT2D eigenvalue weighted by atomic mass is 9.97. The topological polar surface area (TPSA) is 53.4 Å². The molecule has 0 radical (unpaired) electrons. The van der Waals surface area contributed by atoms with Crippen LogP contribution in [0.5, 0.6) is 11.8 Å². The Balaban J connectivity index is 1.59. The number of hydrogen-bond acceptors (Lipinski definition) is 4. The zero-order valence-electron chi connectivity index (χ0n) is 15.1. The Kier molecular flexibility index (Phi) is 4.05. The van der Waals surface area contributed by atoms with Gasteiger partial charge in [0.05, 0.1) is 6.54 Å². The minimum atomic E-state index is -0.356. The van der Waals surface area contributed by atoms with E-state index in [1.54, 1.807) is 6.20 Å². The van der Waals surface area contributed by atoms with Crippen molar-refractivity contribution in [2.75, 3.05) is 0 Å². The van der Waals surface area contributed by atoms with Crippen molar-refractivity contribution in [3.05, 3.63) is 101 Å². The smallest absolute Gasteiger partial charge is 0.300 e. The minimum absolute atomic E-state index is 0.305. The van der Waals surface area contributed by atoms with Crippen LogP contribution in [0, 0.1) is 0 Å². The van der Waals surface area contributed by atoms with E-state index in [0.717, 1.165) is 22.1 Å². The zero-order valence-corrected chi connectivity index (χ0v) is 15.1. The largest absolute Gasteiger partial charge is 0.482 e. The summed E-state index contributed by atoms with van der Waals surface area (Å²) in [4.78, 5) is 15.6. The molecule has 5 nitrogen and oxygen atoms in total. The molecule has 0 aliphatic carbocycles. The SMILES string of the molecule is O=c1ccn2c(n1)O[C@H](C(Oc1ccccc1)c1cccc3ccccc13)C2. The molecule has 0 fully saturated rings. The maximum absolute atomic E-state index is 11.6. The monoisotopic (exact) mass is 370 g/mol. The average Bonchev–Trinajstić information content (AvgIpc) is 3.15. The van der Waals surface area contributed by atoms with Crippen LogP contribution >= 0.6 is 0 Å². The van der Waals surface area contributed by atoms with Gasteiger partial charge in [-0.25, -0.2) is 0 Å². The lowest BCUT2D eigenvalue weighted by Gasteiger charge is -2.25. The van der Waals surface area contributed by atoms with Crippen LogP contribution in [0.25, 0.3) is 10.8 Å². The fourth-order valence-corrected chi connectivity index (χ4v) is 3.65. The van der Waals surface area contributed by atoms with Crippen LogP contribution in [-0.2, 0) is 6.54 Å². The second kappa shape index (κ2) is 6.85. The molecule has 28 heavy (non-hydrogen) atoms. The van der Waals surface area contributed by atoms with Gasteiger partial charge in [0.1, 0.15) is 5.75 Å². The third kappa shape index (κ3) is 3.01. The van der Waals surface area contributed by atoms with Crippen molar-refractivity contribution in [2.24, 2.45) is 0 Å². The highest BCUT2D eigenvalue weighted by molar-refractivity contribution is 5.86. The van der Waals surface area contributed by atoms with E-state index >= 15 is 0 Å². The summed E-state index contributed by atoms with van der Waals surface area (Å²) in [5.41, 5.74) is 0.736. The van der Waals surface area contributed by atoms with E-state index in [0.29, 0.717) is 12.6 Å². The summed E-state index contributed by atoms with van der Waals surface area (Å²) in [5, 5.41) is 2.26. The minimum Gasteiger partial charge on any atom is -0.482 e. The van der Waals surface area contributed by atoms with Crippen molar-refractivity contribution >= 4 is 10.8 Å². The van der Waals surface area contributed by atoms with E-state index in [1.807, 2.05) is 53.1 Å². The molecule has 5 rings (SSSR count). The Morgan fingerprint density at radius 1 is 0.964 bits per heavy atom. The van der Waals surface area contributed by atoms with E-state index in [-0.39, 0.29) is 17.8 Å². The van der Waals surface area contributed by atoms with Gasteiger partial charge in [-0.05, 0) is 22.9 Å². The van der Waals surface area contributed by atoms with Crippen LogP contribution < -0.4 is 15.0 Å². The van der Waals surface area contributed by atoms with Gasteiger partial charge in [-0.15, -0.1) is 0 Å². The number of hydrogen-bond donors (Lipinski definition) is 0. The molecule has 0 saturated heterocycles. The first-order chi connectivity index (χ1) is 13.8. The molecule has 1 unspecified atom stereocenters. The summed E-state index contributed by atoms with van der Waals surface area (Å²) in [5.74, 6) is 0.766. The molecule has 0 spiro atoms. The first-order valence-electron chi connectivity index (χ1n) is 9.21. The van der Waals surface area contributed by atoms with Crippen molar-refractivity contribution < 1.29 is 9.47 Å². The highest BCUT2D eigenvalue weighted by atomic mass is 16.6. The first kappa shape index (κ1) is 16.6. The van der Waals surface area contributed by atoms with E-state index in [4.69, 9.17) is 9.47 Å². The van der Waals surface area contributed by atoms with Crippen molar-refractivity contribution in [3.8, 4) is 11.8 Å². The lowest BCUT2D eigenvalue weighted by molar-refractivity contribution is 0.0654. The molecular weight excluding hydrogens is 352 g/mol. The molecule has 2 heterocycles. The molecule has 1 aromatic heterocycles. The Morgan fingerprint density at radius 2 is 1.75 bits per heavy atom. The second-order valence-electron chi connectivity index (χ2n) is 6.78. The van der Waals surface area contributed by atoms with Crippen LogP contribution in [0.2, 0.25) is 0 Å². The Morgan fingerprint density at radius 3 is 2.64 bits per heavy atom. The summed E-state index contributed by atoms with van der Waals surface area (Å²) in [6, 6.07) is 25.9. The number of nitrogens with zero attached hydrogens (tertiary/aromatic N) is 2. The predicted octanol–water partition coefficient (Wildman–Crippen LogP) is 3.98. The standard InChI is InChI=1S/C23H18N2O3/c26-21-13-14-25-15-20(28-23(25)24-21)22(27-17-9-2-1-3-10-17)19-12-6-8-16-7-4-5-11-18(16)19/h1-14,20,22H,15H2/t20-,22?/m0/s1. The highest BCUT2D eigenvalue weighted by Crippen LogP contribution is 2.35. The molecule has 0 N–H and O–H groups in total. The van der Waals surface area contributed by atoms with E-state index in [1.165, 1.54) is 6.07 Å². The number of aromatic nitrogens is 2. The third-order valence-electron chi connectivity index (χ3n) is 4.96. The molecule has 2 atom stereocenters. The number of rotatable bonds is 4. The lowest BCUT2D eigenvalue weighted by Crippen LogP contribution is -2.28. The Hall–Kier alpha value is -3.60. The van der Waals surface area contributed by atoms with E-state index in [2.05, 4.69) is 29.2 Å². The molecule has 4 aromatic rings. The molecule has 0 bridgehead atoms. The summed E-state index contributed by atoms with van der Waals surface area (Å²) in [6.07, 6.45) is 1.05. The molecule has 1 aliphatic heterocycles. The van der Waals surface area contributed by atoms with Gasteiger partial charge < -0.3 is 9.47 Å². The summed E-state index contributed by atoms with van der Waals surface area (Å²) >= 11 is 0. The van der Waals surface area contributed by atoms with Crippen molar-refractivity contribution in [3.63, 3.8) is 0 Å². The van der Waals surface area contributed by atoms with Gasteiger partial charge in [0.2, 0.25) is 0 Å². The van der Waals surface area contributed by atoms with Gasteiger partial charge in [-0.2, -0.15) is 4.98 Å². The van der Waals surface area contributed by atoms with Gasteiger partial charge in [-0.1, -0.05) is 60.7 Å². The Bertz CT molecular complexity index is 1180. The fourth-order valence-electron chi connectivity index (χ4n) is 3.65. The molecule has 0 amide bonds. The van der Waals surface area contributed by atoms with Crippen molar-refractivity contribution in [1.29, 1.82) is 0 Å². The maximum atomic E-state index is 11.6. The second-order valence-corrected chi connectivity index (χ2v) is 6.78. The van der Waals surface area contributed by atoms with Crippen LogP contribution in [0.3, 0.4) is 0 Å². The van der Waals surface area contributed by atoms with Crippen LogP contribution in [0.4, 0.5) is 0 Å². The summed E-state index contributed by atoms with van der Waals surface area (Å²) in [7, 11) is 0. The van der Waals surface area contributed by atoms with E-state index < -0.39 is 0 Å². The average molecular weight is 370 g/mol. The van der Waals surface area contributed by atoms with Crippen molar-refractivity contribution in [2.45, 2.75) is 18.8 Å².